The third kappa shape index (κ3) is 7.18. The second-order valence-corrected chi connectivity index (χ2v) is 7.75. The molecule has 0 bridgehead atoms. The van der Waals surface area contributed by atoms with Crippen molar-refractivity contribution in [2.75, 3.05) is 17.2 Å². The van der Waals surface area contributed by atoms with Gasteiger partial charge in [-0.1, -0.05) is 35.9 Å². The van der Waals surface area contributed by atoms with E-state index in [-0.39, 0.29) is 12.5 Å². The predicted molar refractivity (Wildman–Crippen MR) is 132 cm³/mol. The molecule has 9 heteroatoms. The van der Waals surface area contributed by atoms with E-state index in [1.54, 1.807) is 60.7 Å². The zero-order valence-electron chi connectivity index (χ0n) is 18.6. The number of carbonyl (C=O) groups is 3. The molecule has 3 rings (SSSR count). The van der Waals surface area contributed by atoms with Gasteiger partial charge in [0.2, 0.25) is 0 Å². The van der Waals surface area contributed by atoms with Gasteiger partial charge < -0.3 is 15.4 Å². The molecular weight excluding hydrogens is 456 g/mol. The standard InChI is InChI=1S/C25H23ClN4O4/c1-16-5-3-8-22(17(16)2)29-24(32)25(33)30-27-14-18-6-4-7-21(13-18)34-15-23(31)28-20-11-9-19(26)10-12-20/h3-14H,15H2,1-2H3,(H,28,31)(H,29,32)(H,30,33)/b27-14-. The third-order valence-electron chi connectivity index (χ3n) is 4.79. The highest BCUT2D eigenvalue weighted by atomic mass is 35.5. The Labute approximate surface area is 202 Å². The van der Waals surface area contributed by atoms with E-state index in [1.165, 1.54) is 6.21 Å². The van der Waals surface area contributed by atoms with Crippen LogP contribution in [0, 0.1) is 13.8 Å². The maximum Gasteiger partial charge on any atom is 0.329 e. The molecule has 0 radical (unpaired) electrons. The van der Waals surface area contributed by atoms with Crippen LogP contribution in [0.15, 0.2) is 71.8 Å². The summed E-state index contributed by atoms with van der Waals surface area (Å²) >= 11 is 5.83. The Balaban J connectivity index is 1.49. The van der Waals surface area contributed by atoms with E-state index in [2.05, 4.69) is 21.2 Å². The molecule has 0 unspecified atom stereocenters. The van der Waals surface area contributed by atoms with Gasteiger partial charge in [0, 0.05) is 16.4 Å². The minimum Gasteiger partial charge on any atom is -0.484 e. The van der Waals surface area contributed by atoms with Crippen LogP contribution in [0.2, 0.25) is 5.02 Å². The Morgan fingerprint density at radius 1 is 0.941 bits per heavy atom. The molecule has 3 aromatic carbocycles. The summed E-state index contributed by atoms with van der Waals surface area (Å²) in [5, 5.41) is 9.65. The van der Waals surface area contributed by atoms with Crippen LogP contribution in [0.1, 0.15) is 16.7 Å². The number of hydrogen-bond donors (Lipinski definition) is 3. The smallest absolute Gasteiger partial charge is 0.329 e. The lowest BCUT2D eigenvalue weighted by molar-refractivity contribution is -0.136. The maximum absolute atomic E-state index is 12.1. The summed E-state index contributed by atoms with van der Waals surface area (Å²) in [4.78, 5) is 36.2. The number of carbonyl (C=O) groups excluding carboxylic acids is 3. The number of amides is 3. The summed E-state index contributed by atoms with van der Waals surface area (Å²) in [6.07, 6.45) is 1.36. The van der Waals surface area contributed by atoms with E-state index >= 15 is 0 Å². The highest BCUT2D eigenvalue weighted by Gasteiger charge is 2.14. The average molecular weight is 479 g/mol. The molecule has 3 amide bonds. The van der Waals surface area contributed by atoms with Crippen molar-refractivity contribution in [2.24, 2.45) is 5.10 Å². The van der Waals surface area contributed by atoms with Gasteiger partial charge >= 0.3 is 11.8 Å². The van der Waals surface area contributed by atoms with E-state index in [4.69, 9.17) is 16.3 Å². The van der Waals surface area contributed by atoms with Gasteiger partial charge in [-0.05, 0) is 73.0 Å². The number of nitrogens with one attached hydrogen (secondary N) is 3. The minimum atomic E-state index is -0.900. The van der Waals surface area contributed by atoms with Gasteiger partial charge in [0.05, 0.1) is 6.21 Å². The van der Waals surface area contributed by atoms with Crippen LogP contribution < -0.4 is 20.8 Å². The van der Waals surface area contributed by atoms with E-state index in [0.717, 1.165) is 11.1 Å². The van der Waals surface area contributed by atoms with Crippen LogP contribution in [-0.2, 0) is 14.4 Å². The summed E-state index contributed by atoms with van der Waals surface area (Å²) in [6, 6.07) is 18.9. The van der Waals surface area contributed by atoms with E-state index in [0.29, 0.717) is 27.7 Å². The fourth-order valence-corrected chi connectivity index (χ4v) is 2.97. The molecule has 0 saturated heterocycles. The molecule has 0 fully saturated rings. The number of rotatable bonds is 7. The number of aryl methyl sites for hydroxylation is 1. The predicted octanol–water partition coefficient (Wildman–Crippen LogP) is 4.06. The number of benzene rings is 3. The van der Waals surface area contributed by atoms with Crippen molar-refractivity contribution < 1.29 is 19.1 Å². The van der Waals surface area contributed by atoms with Crippen LogP contribution in [0.3, 0.4) is 0 Å². The van der Waals surface area contributed by atoms with Crippen molar-refractivity contribution in [1.82, 2.24) is 5.43 Å². The summed E-state index contributed by atoms with van der Waals surface area (Å²) in [6.45, 7) is 3.58. The zero-order chi connectivity index (χ0) is 24.5. The summed E-state index contributed by atoms with van der Waals surface area (Å²) in [7, 11) is 0. The molecule has 3 aromatic rings. The second-order valence-electron chi connectivity index (χ2n) is 7.32. The topological polar surface area (TPSA) is 109 Å². The lowest BCUT2D eigenvalue weighted by Gasteiger charge is -2.09. The van der Waals surface area contributed by atoms with Gasteiger partial charge in [-0.3, -0.25) is 14.4 Å². The lowest BCUT2D eigenvalue weighted by Crippen LogP contribution is -2.32. The summed E-state index contributed by atoms with van der Waals surface area (Å²) < 4.78 is 5.51. The quantitative estimate of drug-likeness (QED) is 0.270. The molecule has 34 heavy (non-hydrogen) atoms. The number of ether oxygens (including phenoxy) is 1. The molecule has 0 aliphatic carbocycles. The van der Waals surface area contributed by atoms with Gasteiger partial charge in [-0.25, -0.2) is 5.43 Å². The Morgan fingerprint density at radius 2 is 1.68 bits per heavy atom. The van der Waals surface area contributed by atoms with Crippen molar-refractivity contribution in [3.8, 4) is 5.75 Å². The van der Waals surface area contributed by atoms with Crippen LogP contribution >= 0.6 is 11.6 Å². The number of nitrogens with zero attached hydrogens (tertiary/aromatic N) is 1. The molecule has 0 aliphatic rings. The first-order valence-electron chi connectivity index (χ1n) is 10.3. The highest BCUT2D eigenvalue weighted by molar-refractivity contribution is 6.39. The Bertz CT molecular complexity index is 1230. The fraction of sp³-hybridized carbons (Fsp3) is 0.120. The van der Waals surface area contributed by atoms with Crippen LogP contribution in [0.4, 0.5) is 11.4 Å². The van der Waals surface area contributed by atoms with E-state index in [9.17, 15) is 14.4 Å². The van der Waals surface area contributed by atoms with Gasteiger partial charge in [-0.2, -0.15) is 5.10 Å². The molecule has 0 spiro atoms. The largest absolute Gasteiger partial charge is 0.484 e. The van der Waals surface area contributed by atoms with Gasteiger partial charge in [0.1, 0.15) is 5.75 Å². The van der Waals surface area contributed by atoms with Crippen molar-refractivity contribution in [2.45, 2.75) is 13.8 Å². The van der Waals surface area contributed by atoms with E-state index in [1.807, 2.05) is 19.9 Å². The van der Waals surface area contributed by atoms with E-state index < -0.39 is 11.8 Å². The summed E-state index contributed by atoms with van der Waals surface area (Å²) in [5.74, 6) is -1.62. The monoisotopic (exact) mass is 478 g/mol. The number of halogens is 1. The van der Waals surface area contributed by atoms with Crippen LogP contribution in [0.25, 0.3) is 0 Å². The number of hydrogen-bond acceptors (Lipinski definition) is 5. The van der Waals surface area contributed by atoms with Crippen LogP contribution in [-0.4, -0.2) is 30.5 Å². The van der Waals surface area contributed by atoms with Crippen molar-refractivity contribution in [1.29, 1.82) is 0 Å². The lowest BCUT2D eigenvalue weighted by atomic mass is 10.1. The third-order valence-corrected chi connectivity index (χ3v) is 5.05. The van der Waals surface area contributed by atoms with Crippen molar-refractivity contribution >= 4 is 46.9 Å². The number of hydrazone groups is 1. The summed E-state index contributed by atoms with van der Waals surface area (Å²) in [5.41, 5.74) is 5.85. The zero-order valence-corrected chi connectivity index (χ0v) is 19.3. The van der Waals surface area contributed by atoms with Gasteiger partial charge in [-0.15, -0.1) is 0 Å². The molecule has 174 valence electrons. The minimum absolute atomic E-state index is 0.196. The van der Waals surface area contributed by atoms with Crippen molar-refractivity contribution in [3.63, 3.8) is 0 Å². The molecule has 0 aromatic heterocycles. The SMILES string of the molecule is Cc1cccc(NC(=O)C(=O)N/N=C\c2cccc(OCC(=O)Nc3ccc(Cl)cc3)c2)c1C. The molecule has 3 N–H and O–H groups in total. The fourth-order valence-electron chi connectivity index (χ4n) is 2.85. The maximum atomic E-state index is 12.1. The number of anilines is 2. The molecule has 8 nitrogen and oxygen atoms in total. The molecule has 0 aliphatic heterocycles. The van der Waals surface area contributed by atoms with Gasteiger partial charge in [0.15, 0.2) is 6.61 Å². The Hall–Kier alpha value is -4.17. The molecule has 0 heterocycles. The first kappa shape index (κ1) is 24.5. The Morgan fingerprint density at radius 3 is 2.44 bits per heavy atom. The molecule has 0 saturated carbocycles. The molecule has 0 atom stereocenters. The normalized spacial score (nSPS) is 10.6. The Kier molecular flexibility index (Phi) is 8.37. The van der Waals surface area contributed by atoms with Crippen LogP contribution in [0.5, 0.6) is 5.75 Å². The molecular formula is C25H23ClN4O4. The second kappa shape index (κ2) is 11.6. The first-order chi connectivity index (χ1) is 16.3. The van der Waals surface area contributed by atoms with Crippen molar-refractivity contribution in [3.05, 3.63) is 88.4 Å². The average Bonchev–Trinajstić information content (AvgIpc) is 2.82. The highest BCUT2D eigenvalue weighted by Crippen LogP contribution is 2.18. The van der Waals surface area contributed by atoms with Gasteiger partial charge in [0.25, 0.3) is 5.91 Å². The first-order valence-corrected chi connectivity index (χ1v) is 10.7.